The molecule has 2 N–H and O–H groups in total. The fourth-order valence-corrected chi connectivity index (χ4v) is 1.89. The molecule has 1 amide bonds. The van der Waals surface area contributed by atoms with Gasteiger partial charge in [-0.05, 0) is 18.5 Å². The minimum atomic E-state index is 0. The molecule has 1 unspecified atom stereocenters. The maximum absolute atomic E-state index is 11.4. The molecule has 4 heteroatoms. The fraction of sp³-hybridized carbons (Fsp3) is 0.500. The summed E-state index contributed by atoms with van der Waals surface area (Å²) in [6.07, 6.45) is 0. The zero-order chi connectivity index (χ0) is 12.7. The van der Waals surface area contributed by atoms with Gasteiger partial charge in [0.1, 0.15) is 0 Å². The zero-order valence-corrected chi connectivity index (χ0v) is 12.1. The molecule has 1 rings (SSSR count). The van der Waals surface area contributed by atoms with Crippen LogP contribution in [0.2, 0.25) is 0 Å². The van der Waals surface area contributed by atoms with Crippen molar-refractivity contribution >= 4 is 18.3 Å². The highest BCUT2D eigenvalue weighted by molar-refractivity contribution is 5.85. The smallest absolute Gasteiger partial charge is 0.233 e. The summed E-state index contributed by atoms with van der Waals surface area (Å²) in [5, 5.41) is 5.81. The highest BCUT2D eigenvalue weighted by Gasteiger charge is 2.16. The third kappa shape index (κ3) is 5.52. The Hall–Kier alpha value is -1.06. The highest BCUT2D eigenvalue weighted by atomic mass is 35.5. The first-order valence-corrected chi connectivity index (χ1v) is 6.11. The standard InChI is InChI=1S/C14H22N2O.ClH/c1-11(2)13(9-16-14(17)10-15-3)12-7-5-4-6-8-12;/h4-8,11,13,15H,9-10H2,1-3H3,(H,16,17);1H. The largest absolute Gasteiger partial charge is 0.354 e. The zero-order valence-electron chi connectivity index (χ0n) is 11.3. The molecule has 0 aliphatic heterocycles. The van der Waals surface area contributed by atoms with Crippen molar-refractivity contribution in [3.05, 3.63) is 35.9 Å². The first-order valence-electron chi connectivity index (χ1n) is 6.11. The van der Waals surface area contributed by atoms with Crippen molar-refractivity contribution in [1.82, 2.24) is 10.6 Å². The Labute approximate surface area is 116 Å². The molecule has 0 aliphatic carbocycles. The van der Waals surface area contributed by atoms with Crippen LogP contribution in [-0.2, 0) is 4.79 Å². The third-order valence-corrected chi connectivity index (χ3v) is 2.89. The van der Waals surface area contributed by atoms with Crippen LogP contribution in [0.4, 0.5) is 0 Å². The van der Waals surface area contributed by atoms with Crippen LogP contribution >= 0.6 is 12.4 Å². The van der Waals surface area contributed by atoms with Crippen LogP contribution in [0.5, 0.6) is 0 Å². The second-order valence-corrected chi connectivity index (χ2v) is 4.60. The molecule has 1 aromatic rings. The molecule has 0 aliphatic rings. The highest BCUT2D eigenvalue weighted by Crippen LogP contribution is 2.23. The monoisotopic (exact) mass is 270 g/mol. The van der Waals surface area contributed by atoms with E-state index in [9.17, 15) is 4.79 Å². The first kappa shape index (κ1) is 16.9. The summed E-state index contributed by atoms with van der Waals surface area (Å²) >= 11 is 0. The van der Waals surface area contributed by atoms with Gasteiger partial charge < -0.3 is 10.6 Å². The minimum absolute atomic E-state index is 0. The lowest BCUT2D eigenvalue weighted by molar-refractivity contribution is -0.120. The Morgan fingerprint density at radius 1 is 1.22 bits per heavy atom. The third-order valence-electron chi connectivity index (χ3n) is 2.89. The Morgan fingerprint density at radius 3 is 2.33 bits per heavy atom. The van der Waals surface area contributed by atoms with Crippen molar-refractivity contribution in [3.63, 3.8) is 0 Å². The molecule has 102 valence electrons. The number of amides is 1. The van der Waals surface area contributed by atoms with Gasteiger partial charge in [-0.2, -0.15) is 0 Å². The van der Waals surface area contributed by atoms with E-state index in [-0.39, 0.29) is 18.3 Å². The van der Waals surface area contributed by atoms with Gasteiger partial charge in [0, 0.05) is 12.5 Å². The van der Waals surface area contributed by atoms with Crippen molar-refractivity contribution in [2.45, 2.75) is 19.8 Å². The molecule has 0 fully saturated rings. The van der Waals surface area contributed by atoms with Crippen molar-refractivity contribution in [2.75, 3.05) is 20.1 Å². The molecule has 0 bridgehead atoms. The summed E-state index contributed by atoms with van der Waals surface area (Å²) < 4.78 is 0. The average molecular weight is 271 g/mol. The fourth-order valence-electron chi connectivity index (χ4n) is 1.89. The van der Waals surface area contributed by atoms with Gasteiger partial charge in [-0.15, -0.1) is 12.4 Å². The molecule has 1 atom stereocenters. The number of carbonyl (C=O) groups is 1. The summed E-state index contributed by atoms with van der Waals surface area (Å²) in [6.45, 7) is 5.44. The minimum Gasteiger partial charge on any atom is -0.354 e. The molecular weight excluding hydrogens is 248 g/mol. The summed E-state index contributed by atoms with van der Waals surface area (Å²) in [6, 6.07) is 10.3. The van der Waals surface area contributed by atoms with Crippen LogP contribution in [-0.4, -0.2) is 26.0 Å². The first-order chi connectivity index (χ1) is 8.15. The summed E-state index contributed by atoms with van der Waals surface area (Å²) in [5.41, 5.74) is 1.28. The van der Waals surface area contributed by atoms with E-state index >= 15 is 0 Å². The molecule has 0 saturated heterocycles. The van der Waals surface area contributed by atoms with Crippen LogP contribution in [0.25, 0.3) is 0 Å². The normalized spacial score (nSPS) is 11.8. The van der Waals surface area contributed by atoms with Crippen molar-refractivity contribution in [3.8, 4) is 0 Å². The van der Waals surface area contributed by atoms with E-state index in [1.54, 1.807) is 7.05 Å². The average Bonchev–Trinajstić information content (AvgIpc) is 2.30. The quantitative estimate of drug-likeness (QED) is 0.832. The van der Waals surface area contributed by atoms with E-state index in [1.807, 2.05) is 18.2 Å². The molecule has 0 radical (unpaired) electrons. The number of hydrogen-bond acceptors (Lipinski definition) is 2. The number of nitrogens with one attached hydrogen (secondary N) is 2. The van der Waals surface area contributed by atoms with Gasteiger partial charge in [0.25, 0.3) is 0 Å². The second kappa shape index (κ2) is 8.95. The molecule has 18 heavy (non-hydrogen) atoms. The maximum Gasteiger partial charge on any atom is 0.233 e. The Balaban J connectivity index is 0.00000289. The van der Waals surface area contributed by atoms with Gasteiger partial charge in [-0.3, -0.25) is 4.79 Å². The van der Waals surface area contributed by atoms with Crippen molar-refractivity contribution in [1.29, 1.82) is 0 Å². The SMILES string of the molecule is CNCC(=O)NCC(c1ccccc1)C(C)C.Cl. The molecule has 0 heterocycles. The number of halogens is 1. The topological polar surface area (TPSA) is 41.1 Å². The Kier molecular flexibility index (Phi) is 8.42. The predicted molar refractivity (Wildman–Crippen MR) is 78.2 cm³/mol. The van der Waals surface area contributed by atoms with E-state index in [0.29, 0.717) is 24.9 Å². The van der Waals surface area contributed by atoms with Gasteiger partial charge >= 0.3 is 0 Å². The van der Waals surface area contributed by atoms with Gasteiger partial charge in [0.05, 0.1) is 6.54 Å². The lowest BCUT2D eigenvalue weighted by atomic mass is 9.88. The Bertz CT molecular complexity index is 341. The van der Waals surface area contributed by atoms with Crippen molar-refractivity contribution < 1.29 is 4.79 Å². The summed E-state index contributed by atoms with van der Waals surface area (Å²) in [7, 11) is 1.77. The van der Waals surface area contributed by atoms with E-state index in [0.717, 1.165) is 0 Å². The molecule has 0 aromatic heterocycles. The van der Waals surface area contributed by atoms with Crippen LogP contribution in [0.1, 0.15) is 25.3 Å². The summed E-state index contributed by atoms with van der Waals surface area (Å²) in [4.78, 5) is 11.4. The van der Waals surface area contributed by atoms with Gasteiger partial charge in [-0.1, -0.05) is 44.2 Å². The number of likely N-dealkylation sites (N-methyl/N-ethyl adjacent to an activating group) is 1. The number of benzene rings is 1. The van der Waals surface area contributed by atoms with Gasteiger partial charge in [0.15, 0.2) is 0 Å². The molecule has 0 saturated carbocycles. The van der Waals surface area contributed by atoms with E-state index in [4.69, 9.17) is 0 Å². The van der Waals surface area contributed by atoms with Gasteiger partial charge in [0.2, 0.25) is 5.91 Å². The lowest BCUT2D eigenvalue weighted by Gasteiger charge is -2.21. The molecule has 1 aromatic carbocycles. The predicted octanol–water partition coefficient (Wildman–Crippen LogP) is 2.18. The van der Waals surface area contributed by atoms with Crippen LogP contribution in [0.3, 0.4) is 0 Å². The number of carbonyl (C=O) groups excluding carboxylic acids is 1. The molecule has 0 spiro atoms. The lowest BCUT2D eigenvalue weighted by Crippen LogP contribution is -2.35. The maximum atomic E-state index is 11.4. The van der Waals surface area contributed by atoms with E-state index in [2.05, 4.69) is 36.6 Å². The van der Waals surface area contributed by atoms with Crippen LogP contribution < -0.4 is 10.6 Å². The van der Waals surface area contributed by atoms with E-state index < -0.39 is 0 Å². The van der Waals surface area contributed by atoms with Gasteiger partial charge in [-0.25, -0.2) is 0 Å². The molecular formula is C14H23ClN2O. The molecule has 3 nitrogen and oxygen atoms in total. The van der Waals surface area contributed by atoms with E-state index in [1.165, 1.54) is 5.56 Å². The summed E-state index contributed by atoms with van der Waals surface area (Å²) in [5.74, 6) is 0.929. The van der Waals surface area contributed by atoms with Crippen LogP contribution in [0, 0.1) is 5.92 Å². The second-order valence-electron chi connectivity index (χ2n) is 4.60. The Morgan fingerprint density at radius 2 is 1.83 bits per heavy atom. The van der Waals surface area contributed by atoms with Crippen LogP contribution in [0.15, 0.2) is 30.3 Å². The number of hydrogen-bond donors (Lipinski definition) is 2. The van der Waals surface area contributed by atoms with Crippen molar-refractivity contribution in [2.24, 2.45) is 5.92 Å². The number of rotatable bonds is 6.